The standard InChI is InChI=1S/C15H25N5O3/c1-4-19(5-2)10-6-7-11(3)16-12-8-9-13(20(21)22)15-14(12)17-23-18-15/h8-9,11,15-16,18H,4-7,10H2,1-3H3. The molecule has 0 bridgehead atoms. The second kappa shape index (κ2) is 8.07. The number of nitrogens with zero attached hydrogens (tertiary/aromatic N) is 3. The van der Waals surface area contributed by atoms with Crippen LogP contribution >= 0.6 is 0 Å². The second-order valence-electron chi connectivity index (χ2n) is 5.76. The van der Waals surface area contributed by atoms with Crippen molar-refractivity contribution in [1.82, 2.24) is 15.7 Å². The number of allylic oxidation sites excluding steroid dienone is 2. The van der Waals surface area contributed by atoms with E-state index in [0.29, 0.717) is 5.71 Å². The van der Waals surface area contributed by atoms with E-state index in [9.17, 15) is 10.1 Å². The lowest BCUT2D eigenvalue weighted by atomic mass is 9.99. The van der Waals surface area contributed by atoms with Gasteiger partial charge in [-0.05, 0) is 45.5 Å². The zero-order valence-electron chi connectivity index (χ0n) is 13.9. The largest absolute Gasteiger partial charge is 0.381 e. The molecule has 23 heavy (non-hydrogen) atoms. The molecule has 2 rings (SSSR count). The number of hydroxylamine groups is 1. The first kappa shape index (κ1) is 17.4. The molecule has 2 unspecified atom stereocenters. The van der Waals surface area contributed by atoms with Gasteiger partial charge < -0.3 is 10.2 Å². The lowest BCUT2D eigenvalue weighted by Crippen LogP contribution is -2.42. The topological polar surface area (TPSA) is 92.0 Å². The fourth-order valence-corrected chi connectivity index (χ4v) is 2.78. The molecule has 0 aromatic rings. The number of fused-ring (bicyclic) bond motifs is 1. The molecule has 0 radical (unpaired) electrons. The summed E-state index contributed by atoms with van der Waals surface area (Å²) in [5.41, 5.74) is 3.92. The molecule has 8 heteroatoms. The summed E-state index contributed by atoms with van der Waals surface area (Å²) in [4.78, 5) is 17.8. The molecular weight excluding hydrogens is 298 g/mol. The third kappa shape index (κ3) is 4.29. The Bertz CT molecular complexity index is 525. The fraction of sp³-hybridized carbons (Fsp3) is 0.667. The van der Waals surface area contributed by atoms with Crippen molar-refractivity contribution in [2.45, 2.75) is 45.7 Å². The fourth-order valence-electron chi connectivity index (χ4n) is 2.78. The summed E-state index contributed by atoms with van der Waals surface area (Å²) < 4.78 is 0. The van der Waals surface area contributed by atoms with Gasteiger partial charge in [0.05, 0.1) is 10.6 Å². The molecule has 0 saturated heterocycles. The summed E-state index contributed by atoms with van der Waals surface area (Å²) in [5, 5.41) is 18.3. The SMILES string of the molecule is CCN(CC)CCCC(C)NC1=CC=C([N+](=O)[O-])C2NON=C12. The van der Waals surface area contributed by atoms with E-state index in [2.05, 4.69) is 41.6 Å². The highest BCUT2D eigenvalue weighted by Gasteiger charge is 2.39. The van der Waals surface area contributed by atoms with Crippen LogP contribution in [0.5, 0.6) is 0 Å². The first-order valence-electron chi connectivity index (χ1n) is 8.11. The monoisotopic (exact) mass is 323 g/mol. The number of oxime groups is 1. The molecule has 128 valence electrons. The number of nitrogens with one attached hydrogen (secondary N) is 2. The number of hydrogen-bond acceptors (Lipinski definition) is 7. The maximum Gasteiger partial charge on any atom is 0.272 e. The highest BCUT2D eigenvalue weighted by molar-refractivity contribution is 6.06. The van der Waals surface area contributed by atoms with Gasteiger partial charge in [-0.1, -0.05) is 19.0 Å². The molecule has 2 N–H and O–H groups in total. The average Bonchev–Trinajstić information content (AvgIpc) is 3.01. The van der Waals surface area contributed by atoms with Gasteiger partial charge in [0.25, 0.3) is 5.70 Å². The van der Waals surface area contributed by atoms with E-state index in [0.717, 1.165) is 38.2 Å². The Kier molecular flexibility index (Phi) is 6.12. The molecule has 1 aliphatic heterocycles. The Morgan fingerprint density at radius 1 is 1.48 bits per heavy atom. The molecule has 8 nitrogen and oxygen atoms in total. The number of rotatable bonds is 9. The minimum Gasteiger partial charge on any atom is -0.381 e. The van der Waals surface area contributed by atoms with Crippen molar-refractivity contribution >= 4 is 5.71 Å². The van der Waals surface area contributed by atoms with Crippen molar-refractivity contribution in [3.8, 4) is 0 Å². The highest BCUT2D eigenvalue weighted by Crippen LogP contribution is 2.20. The van der Waals surface area contributed by atoms with Gasteiger partial charge in [-0.25, -0.2) is 0 Å². The first-order chi connectivity index (χ1) is 11.1. The third-order valence-corrected chi connectivity index (χ3v) is 4.20. The van der Waals surface area contributed by atoms with Crippen molar-refractivity contribution in [3.05, 3.63) is 33.7 Å². The minimum atomic E-state index is -0.611. The van der Waals surface area contributed by atoms with E-state index in [1.165, 1.54) is 6.08 Å². The summed E-state index contributed by atoms with van der Waals surface area (Å²) in [6.45, 7) is 9.66. The molecule has 0 aromatic heterocycles. The zero-order chi connectivity index (χ0) is 16.8. The second-order valence-corrected chi connectivity index (χ2v) is 5.76. The lowest BCUT2D eigenvalue weighted by Gasteiger charge is -2.22. The van der Waals surface area contributed by atoms with E-state index in [-0.39, 0.29) is 11.7 Å². The predicted octanol–water partition coefficient (Wildman–Crippen LogP) is 1.40. The molecule has 2 aliphatic rings. The quantitative estimate of drug-likeness (QED) is 0.492. The van der Waals surface area contributed by atoms with Crippen molar-refractivity contribution in [3.63, 3.8) is 0 Å². The van der Waals surface area contributed by atoms with Crippen molar-refractivity contribution < 1.29 is 9.86 Å². The van der Waals surface area contributed by atoms with Gasteiger partial charge >= 0.3 is 0 Å². The third-order valence-electron chi connectivity index (χ3n) is 4.20. The Morgan fingerprint density at radius 3 is 2.87 bits per heavy atom. The van der Waals surface area contributed by atoms with Crippen LogP contribution in [0.25, 0.3) is 0 Å². The highest BCUT2D eigenvalue weighted by atomic mass is 16.8. The van der Waals surface area contributed by atoms with Gasteiger partial charge in [0.15, 0.2) is 6.04 Å². The molecule has 0 aromatic carbocycles. The summed E-state index contributed by atoms with van der Waals surface area (Å²) in [6.07, 6.45) is 5.32. The lowest BCUT2D eigenvalue weighted by molar-refractivity contribution is -0.429. The predicted molar refractivity (Wildman–Crippen MR) is 88.2 cm³/mol. The van der Waals surface area contributed by atoms with Gasteiger partial charge in [0.2, 0.25) is 0 Å². The Labute approximate surface area is 136 Å². The van der Waals surface area contributed by atoms with Crippen LogP contribution in [0.3, 0.4) is 0 Å². The number of hydrogen-bond donors (Lipinski definition) is 2. The molecule has 1 aliphatic carbocycles. The Morgan fingerprint density at radius 2 is 2.22 bits per heavy atom. The Hall–Kier alpha value is -1.93. The normalized spacial score (nSPS) is 21.0. The summed E-state index contributed by atoms with van der Waals surface area (Å²) in [5.74, 6) is 0. The van der Waals surface area contributed by atoms with Gasteiger partial charge in [0, 0.05) is 12.1 Å². The van der Waals surface area contributed by atoms with Crippen molar-refractivity contribution in [2.24, 2.45) is 5.16 Å². The molecule has 0 fully saturated rings. The Balaban J connectivity index is 1.90. The van der Waals surface area contributed by atoms with Crippen LogP contribution in [-0.2, 0) is 4.94 Å². The van der Waals surface area contributed by atoms with Gasteiger partial charge in [-0.3, -0.25) is 15.1 Å². The van der Waals surface area contributed by atoms with Crippen molar-refractivity contribution in [1.29, 1.82) is 0 Å². The average molecular weight is 323 g/mol. The van der Waals surface area contributed by atoms with Crippen LogP contribution < -0.4 is 10.8 Å². The van der Waals surface area contributed by atoms with Crippen LogP contribution in [0, 0.1) is 10.1 Å². The van der Waals surface area contributed by atoms with Gasteiger partial charge in [0.1, 0.15) is 5.71 Å². The number of nitro groups is 1. The van der Waals surface area contributed by atoms with Gasteiger partial charge in [-0.15, -0.1) is 5.48 Å². The van der Waals surface area contributed by atoms with Crippen molar-refractivity contribution in [2.75, 3.05) is 19.6 Å². The summed E-state index contributed by atoms with van der Waals surface area (Å²) in [7, 11) is 0. The smallest absolute Gasteiger partial charge is 0.272 e. The maximum atomic E-state index is 11.0. The molecule has 2 atom stereocenters. The minimum absolute atomic E-state index is 0.0426. The molecule has 1 heterocycles. The van der Waals surface area contributed by atoms with Gasteiger partial charge in [-0.2, -0.15) is 0 Å². The molecule has 0 saturated carbocycles. The summed E-state index contributed by atoms with van der Waals surface area (Å²) in [6, 6.07) is -0.355. The van der Waals surface area contributed by atoms with E-state index in [4.69, 9.17) is 4.94 Å². The van der Waals surface area contributed by atoms with Crippen LogP contribution in [0.15, 0.2) is 28.7 Å². The van der Waals surface area contributed by atoms with Crippen LogP contribution in [0.2, 0.25) is 0 Å². The molecule has 0 amide bonds. The van der Waals surface area contributed by atoms with Crippen LogP contribution in [0.4, 0.5) is 0 Å². The van der Waals surface area contributed by atoms with E-state index >= 15 is 0 Å². The maximum absolute atomic E-state index is 11.0. The first-order valence-corrected chi connectivity index (χ1v) is 8.11. The molecular formula is C15H25N5O3. The van der Waals surface area contributed by atoms with E-state index < -0.39 is 11.0 Å². The van der Waals surface area contributed by atoms with Crippen LogP contribution in [-0.4, -0.2) is 47.3 Å². The zero-order valence-corrected chi connectivity index (χ0v) is 13.9. The van der Waals surface area contributed by atoms with E-state index in [1.807, 2.05) is 0 Å². The van der Waals surface area contributed by atoms with E-state index in [1.54, 1.807) is 6.08 Å². The summed E-state index contributed by atoms with van der Waals surface area (Å²) >= 11 is 0. The molecule has 0 spiro atoms. The van der Waals surface area contributed by atoms with Crippen LogP contribution in [0.1, 0.15) is 33.6 Å².